The minimum Gasteiger partial charge on any atom is -0.354 e. The molecule has 14 heavy (non-hydrogen) atoms. The summed E-state index contributed by atoms with van der Waals surface area (Å²) in [5.41, 5.74) is 0.105. The van der Waals surface area contributed by atoms with Gasteiger partial charge in [-0.05, 0) is 25.7 Å². The van der Waals surface area contributed by atoms with E-state index in [1.165, 1.54) is 0 Å². The van der Waals surface area contributed by atoms with E-state index < -0.39 is 0 Å². The second-order valence-corrected chi connectivity index (χ2v) is 4.97. The molecule has 1 amide bonds. The third-order valence-corrected chi connectivity index (χ3v) is 3.01. The number of amides is 1. The number of hydrogen-bond donors (Lipinski definition) is 1. The molecule has 0 heterocycles. The van der Waals surface area contributed by atoms with Crippen molar-refractivity contribution >= 4 is 5.91 Å². The number of rotatable bonds is 5. The van der Waals surface area contributed by atoms with Gasteiger partial charge in [0.1, 0.15) is 0 Å². The average Bonchev–Trinajstić information content (AvgIpc) is 2.03. The van der Waals surface area contributed by atoms with E-state index in [4.69, 9.17) is 0 Å². The van der Waals surface area contributed by atoms with Crippen molar-refractivity contribution in [3.05, 3.63) is 0 Å². The summed E-state index contributed by atoms with van der Waals surface area (Å²) >= 11 is 0. The minimum atomic E-state index is 0.105. The first-order valence-electron chi connectivity index (χ1n) is 5.65. The molecule has 0 bridgehead atoms. The second kappa shape index (κ2) is 5.38. The maximum absolute atomic E-state index is 11.9. The topological polar surface area (TPSA) is 29.1 Å². The number of nitrogens with one attached hydrogen (secondary N) is 1. The van der Waals surface area contributed by atoms with Crippen molar-refractivity contribution < 1.29 is 4.79 Å². The van der Waals surface area contributed by atoms with Gasteiger partial charge in [-0.15, -0.1) is 0 Å². The molecule has 84 valence electrons. The van der Waals surface area contributed by atoms with Crippen LogP contribution in [0.15, 0.2) is 0 Å². The van der Waals surface area contributed by atoms with E-state index in [1.54, 1.807) is 0 Å². The largest absolute Gasteiger partial charge is 0.354 e. The molecule has 0 saturated heterocycles. The summed E-state index contributed by atoms with van der Waals surface area (Å²) in [5, 5.41) is 3.00. The van der Waals surface area contributed by atoms with Gasteiger partial charge in [0.25, 0.3) is 0 Å². The molecule has 0 aromatic rings. The maximum Gasteiger partial charge on any atom is 0.223 e. The molecule has 1 unspecified atom stereocenters. The van der Waals surface area contributed by atoms with E-state index in [9.17, 15) is 4.79 Å². The molecule has 0 spiro atoms. The van der Waals surface area contributed by atoms with Crippen molar-refractivity contribution in [3.63, 3.8) is 0 Å². The van der Waals surface area contributed by atoms with E-state index >= 15 is 0 Å². The lowest BCUT2D eigenvalue weighted by molar-refractivity contribution is -0.129. The number of carbonyl (C=O) groups excluding carboxylic acids is 1. The standard InChI is InChI=1S/C12H25NO/c1-7-10(12(5,6)8-2)11(14)13-9(3)4/h9-10H,7-8H2,1-6H3,(H,13,14). The number of hydrogen-bond acceptors (Lipinski definition) is 1. The van der Waals surface area contributed by atoms with Crippen LogP contribution < -0.4 is 5.32 Å². The van der Waals surface area contributed by atoms with Crippen LogP contribution in [-0.4, -0.2) is 11.9 Å². The molecule has 0 aliphatic heterocycles. The van der Waals surface area contributed by atoms with Crippen molar-refractivity contribution in [2.45, 2.75) is 60.4 Å². The van der Waals surface area contributed by atoms with Crippen molar-refractivity contribution in [2.75, 3.05) is 0 Å². The summed E-state index contributed by atoms with van der Waals surface area (Å²) in [6, 6.07) is 0.240. The lowest BCUT2D eigenvalue weighted by Crippen LogP contribution is -2.41. The van der Waals surface area contributed by atoms with E-state index in [1.807, 2.05) is 13.8 Å². The van der Waals surface area contributed by atoms with Crippen LogP contribution >= 0.6 is 0 Å². The van der Waals surface area contributed by atoms with Gasteiger partial charge in [-0.2, -0.15) is 0 Å². The summed E-state index contributed by atoms with van der Waals surface area (Å²) in [7, 11) is 0. The molecular formula is C12H25NO. The fourth-order valence-electron chi connectivity index (χ4n) is 1.72. The van der Waals surface area contributed by atoms with E-state index in [0.717, 1.165) is 12.8 Å². The monoisotopic (exact) mass is 199 g/mol. The zero-order valence-electron chi connectivity index (χ0n) is 10.5. The molecule has 0 aliphatic carbocycles. The van der Waals surface area contributed by atoms with Crippen LogP contribution in [0.5, 0.6) is 0 Å². The normalized spacial score (nSPS) is 14.2. The molecule has 0 radical (unpaired) electrons. The molecule has 0 saturated carbocycles. The Labute approximate surface area is 88.5 Å². The summed E-state index contributed by atoms with van der Waals surface area (Å²) in [5.74, 6) is 0.337. The Morgan fingerprint density at radius 1 is 1.29 bits per heavy atom. The molecule has 0 aliphatic rings. The van der Waals surface area contributed by atoms with E-state index in [2.05, 4.69) is 33.0 Å². The molecule has 1 N–H and O–H groups in total. The molecular weight excluding hydrogens is 174 g/mol. The summed E-state index contributed by atoms with van der Waals surface area (Å²) in [6.45, 7) is 12.6. The van der Waals surface area contributed by atoms with Gasteiger partial charge in [-0.25, -0.2) is 0 Å². The highest BCUT2D eigenvalue weighted by atomic mass is 16.1. The molecule has 0 aromatic heterocycles. The van der Waals surface area contributed by atoms with Crippen LogP contribution in [0.25, 0.3) is 0 Å². The van der Waals surface area contributed by atoms with E-state index in [-0.39, 0.29) is 23.3 Å². The Hall–Kier alpha value is -0.530. The van der Waals surface area contributed by atoms with Gasteiger partial charge in [0.2, 0.25) is 5.91 Å². The highest BCUT2D eigenvalue weighted by Crippen LogP contribution is 2.32. The van der Waals surface area contributed by atoms with Crippen LogP contribution in [0.4, 0.5) is 0 Å². The second-order valence-electron chi connectivity index (χ2n) is 4.97. The minimum absolute atomic E-state index is 0.105. The maximum atomic E-state index is 11.9. The SMILES string of the molecule is CCC(C(=O)NC(C)C)C(C)(C)CC. The van der Waals surface area contributed by atoms with Crippen molar-refractivity contribution in [1.29, 1.82) is 0 Å². The lowest BCUT2D eigenvalue weighted by Gasteiger charge is -2.32. The first-order valence-corrected chi connectivity index (χ1v) is 5.65. The van der Waals surface area contributed by atoms with Crippen molar-refractivity contribution in [3.8, 4) is 0 Å². The van der Waals surface area contributed by atoms with Gasteiger partial charge < -0.3 is 5.32 Å². The lowest BCUT2D eigenvalue weighted by atomic mass is 9.75. The van der Waals surface area contributed by atoms with Gasteiger partial charge in [0.05, 0.1) is 0 Å². The highest BCUT2D eigenvalue weighted by molar-refractivity contribution is 5.79. The Morgan fingerprint density at radius 3 is 2.07 bits per heavy atom. The smallest absolute Gasteiger partial charge is 0.223 e. The predicted octanol–water partition coefficient (Wildman–Crippen LogP) is 2.97. The van der Waals surface area contributed by atoms with E-state index in [0.29, 0.717) is 0 Å². The van der Waals surface area contributed by atoms with Gasteiger partial charge in [0, 0.05) is 12.0 Å². The molecule has 0 rings (SSSR count). The molecule has 1 atom stereocenters. The van der Waals surface area contributed by atoms with Gasteiger partial charge in [0.15, 0.2) is 0 Å². The number of carbonyl (C=O) groups is 1. The molecule has 0 fully saturated rings. The molecule has 0 aromatic carbocycles. The third kappa shape index (κ3) is 3.69. The van der Waals surface area contributed by atoms with Gasteiger partial charge >= 0.3 is 0 Å². The van der Waals surface area contributed by atoms with Crippen molar-refractivity contribution in [1.82, 2.24) is 5.32 Å². The summed E-state index contributed by atoms with van der Waals surface area (Å²) < 4.78 is 0. The zero-order chi connectivity index (χ0) is 11.4. The van der Waals surface area contributed by atoms with Gasteiger partial charge in [-0.3, -0.25) is 4.79 Å². The van der Waals surface area contributed by atoms with Crippen LogP contribution in [0.2, 0.25) is 0 Å². The van der Waals surface area contributed by atoms with Crippen LogP contribution in [0, 0.1) is 11.3 Å². The Bertz CT molecular complexity index is 185. The fraction of sp³-hybridized carbons (Fsp3) is 0.917. The van der Waals surface area contributed by atoms with Crippen LogP contribution in [-0.2, 0) is 4.79 Å². The van der Waals surface area contributed by atoms with Crippen LogP contribution in [0.3, 0.4) is 0 Å². The first kappa shape index (κ1) is 13.5. The van der Waals surface area contributed by atoms with Crippen molar-refractivity contribution in [2.24, 2.45) is 11.3 Å². The third-order valence-electron chi connectivity index (χ3n) is 3.01. The molecule has 2 heteroatoms. The highest BCUT2D eigenvalue weighted by Gasteiger charge is 2.32. The van der Waals surface area contributed by atoms with Gasteiger partial charge in [-0.1, -0.05) is 34.1 Å². The Morgan fingerprint density at radius 2 is 1.79 bits per heavy atom. The predicted molar refractivity (Wildman–Crippen MR) is 61.1 cm³/mol. The van der Waals surface area contributed by atoms with Crippen LogP contribution in [0.1, 0.15) is 54.4 Å². The summed E-state index contributed by atoms with van der Waals surface area (Å²) in [4.78, 5) is 11.9. The zero-order valence-corrected chi connectivity index (χ0v) is 10.5. The molecule has 2 nitrogen and oxygen atoms in total. The quantitative estimate of drug-likeness (QED) is 0.724. The first-order chi connectivity index (χ1) is 6.35. The Kier molecular flexibility index (Phi) is 5.17. The summed E-state index contributed by atoms with van der Waals surface area (Å²) in [6.07, 6.45) is 1.95. The Balaban J connectivity index is 4.48. The average molecular weight is 199 g/mol. The fourth-order valence-corrected chi connectivity index (χ4v) is 1.72.